The zero-order valence-electron chi connectivity index (χ0n) is 14.1. The number of amides is 1. The molecule has 2 atom stereocenters. The standard InChI is InChI=1S/C20H25NO3/c22-20(21-10-9-16-3-1-2-4-17(16)14-21)8-6-15-5-7-18-19(13-15)24-12-11-23-18/h5-8,13,16-17H,1-4,9-12,14H2/b8-6+/t16-,17-/m1/s1. The van der Waals surface area contributed by atoms with Crippen molar-refractivity contribution in [2.75, 3.05) is 26.3 Å². The van der Waals surface area contributed by atoms with E-state index in [-0.39, 0.29) is 5.91 Å². The van der Waals surface area contributed by atoms with Crippen molar-refractivity contribution in [1.29, 1.82) is 0 Å². The molecular formula is C20H25NO3. The SMILES string of the molecule is O=C(/C=C/c1ccc2c(c1)OCCO2)N1CC[C@H]2CCCC[C@@H]2C1. The molecule has 0 N–H and O–H groups in total. The van der Waals surface area contributed by atoms with Gasteiger partial charge in [-0.25, -0.2) is 0 Å². The Labute approximate surface area is 143 Å². The molecule has 4 nitrogen and oxygen atoms in total. The fourth-order valence-electron chi connectivity index (χ4n) is 4.24. The molecule has 1 amide bonds. The summed E-state index contributed by atoms with van der Waals surface area (Å²) in [4.78, 5) is 14.5. The molecule has 24 heavy (non-hydrogen) atoms. The van der Waals surface area contributed by atoms with E-state index in [0.29, 0.717) is 13.2 Å². The molecule has 1 aromatic rings. The summed E-state index contributed by atoms with van der Waals surface area (Å²) in [6, 6.07) is 5.81. The third kappa shape index (κ3) is 3.28. The molecule has 0 spiro atoms. The molecule has 0 bridgehead atoms. The Morgan fingerprint density at radius 1 is 1.04 bits per heavy atom. The summed E-state index contributed by atoms with van der Waals surface area (Å²) in [7, 11) is 0. The monoisotopic (exact) mass is 327 g/mol. The molecular weight excluding hydrogens is 302 g/mol. The topological polar surface area (TPSA) is 38.8 Å². The van der Waals surface area contributed by atoms with Gasteiger partial charge >= 0.3 is 0 Å². The number of benzene rings is 1. The second-order valence-electron chi connectivity index (χ2n) is 7.11. The van der Waals surface area contributed by atoms with Crippen LogP contribution < -0.4 is 9.47 Å². The summed E-state index contributed by atoms with van der Waals surface area (Å²) in [6.45, 7) is 3.02. The summed E-state index contributed by atoms with van der Waals surface area (Å²) < 4.78 is 11.1. The molecule has 4 rings (SSSR count). The van der Waals surface area contributed by atoms with Crippen LogP contribution in [-0.4, -0.2) is 37.1 Å². The predicted molar refractivity (Wildman–Crippen MR) is 93.1 cm³/mol. The number of likely N-dealkylation sites (tertiary alicyclic amines) is 1. The number of carbonyl (C=O) groups excluding carboxylic acids is 1. The number of fused-ring (bicyclic) bond motifs is 2. The van der Waals surface area contributed by atoms with Gasteiger partial charge in [-0.3, -0.25) is 4.79 Å². The van der Waals surface area contributed by atoms with Gasteiger partial charge in [-0.15, -0.1) is 0 Å². The maximum Gasteiger partial charge on any atom is 0.246 e. The Morgan fingerprint density at radius 2 is 1.83 bits per heavy atom. The zero-order valence-corrected chi connectivity index (χ0v) is 14.1. The van der Waals surface area contributed by atoms with Crippen molar-refractivity contribution in [2.45, 2.75) is 32.1 Å². The van der Waals surface area contributed by atoms with Gasteiger partial charge in [0.2, 0.25) is 5.91 Å². The summed E-state index contributed by atoms with van der Waals surface area (Å²) in [5, 5.41) is 0. The summed E-state index contributed by atoms with van der Waals surface area (Å²) >= 11 is 0. The molecule has 128 valence electrons. The van der Waals surface area contributed by atoms with Crippen LogP contribution in [0.15, 0.2) is 24.3 Å². The Bertz CT molecular complexity index is 640. The Hall–Kier alpha value is -1.97. The van der Waals surface area contributed by atoms with Gasteiger partial charge in [-0.2, -0.15) is 0 Å². The van der Waals surface area contributed by atoms with Gasteiger partial charge in [0.1, 0.15) is 13.2 Å². The minimum absolute atomic E-state index is 0.133. The number of rotatable bonds is 2. The first-order valence-corrected chi connectivity index (χ1v) is 9.16. The van der Waals surface area contributed by atoms with Crippen LogP contribution in [0.2, 0.25) is 0 Å². The van der Waals surface area contributed by atoms with Crippen molar-refractivity contribution in [2.24, 2.45) is 11.8 Å². The lowest BCUT2D eigenvalue weighted by atomic mass is 9.75. The fourth-order valence-corrected chi connectivity index (χ4v) is 4.24. The lowest BCUT2D eigenvalue weighted by Gasteiger charge is -2.41. The molecule has 2 heterocycles. The minimum atomic E-state index is 0.133. The molecule has 2 aliphatic heterocycles. The quantitative estimate of drug-likeness (QED) is 0.780. The number of ether oxygens (including phenoxy) is 2. The molecule has 1 saturated heterocycles. The molecule has 1 aromatic carbocycles. The van der Waals surface area contributed by atoms with E-state index in [2.05, 4.69) is 0 Å². The first-order valence-electron chi connectivity index (χ1n) is 9.16. The fraction of sp³-hybridized carbons (Fsp3) is 0.550. The molecule has 3 aliphatic rings. The summed E-state index contributed by atoms with van der Waals surface area (Å²) in [5.41, 5.74) is 0.972. The van der Waals surface area contributed by atoms with Gasteiger partial charge in [0.25, 0.3) is 0 Å². The van der Waals surface area contributed by atoms with Gasteiger partial charge < -0.3 is 14.4 Å². The molecule has 1 aliphatic carbocycles. The van der Waals surface area contributed by atoms with Crippen molar-refractivity contribution in [1.82, 2.24) is 4.90 Å². The highest BCUT2D eigenvalue weighted by molar-refractivity contribution is 5.92. The van der Waals surface area contributed by atoms with E-state index in [1.54, 1.807) is 6.08 Å². The molecule has 0 aromatic heterocycles. The Kier molecular flexibility index (Phi) is 4.46. The van der Waals surface area contributed by atoms with Crippen molar-refractivity contribution in [3.05, 3.63) is 29.8 Å². The maximum atomic E-state index is 12.5. The third-order valence-corrected chi connectivity index (χ3v) is 5.59. The van der Waals surface area contributed by atoms with Gasteiger partial charge in [-0.1, -0.05) is 25.3 Å². The van der Waals surface area contributed by atoms with E-state index in [0.717, 1.165) is 42.0 Å². The molecule has 4 heteroatoms. The second-order valence-corrected chi connectivity index (χ2v) is 7.11. The van der Waals surface area contributed by atoms with Crippen LogP contribution in [0.3, 0.4) is 0 Å². The lowest BCUT2D eigenvalue weighted by Crippen LogP contribution is -2.44. The van der Waals surface area contributed by atoms with Crippen LogP contribution in [0.5, 0.6) is 11.5 Å². The Morgan fingerprint density at radius 3 is 2.71 bits per heavy atom. The molecule has 0 unspecified atom stereocenters. The number of nitrogens with zero attached hydrogens (tertiary/aromatic N) is 1. The number of carbonyl (C=O) groups is 1. The van der Waals surface area contributed by atoms with Gasteiger partial charge in [0, 0.05) is 19.2 Å². The highest BCUT2D eigenvalue weighted by Gasteiger charge is 2.32. The van der Waals surface area contributed by atoms with E-state index in [1.807, 2.05) is 29.2 Å². The van der Waals surface area contributed by atoms with Gasteiger partial charge in [0.05, 0.1) is 0 Å². The lowest BCUT2D eigenvalue weighted by molar-refractivity contribution is -0.128. The van der Waals surface area contributed by atoms with E-state index in [9.17, 15) is 4.79 Å². The normalized spacial score (nSPS) is 26.2. The number of piperidine rings is 1. The minimum Gasteiger partial charge on any atom is -0.486 e. The van der Waals surface area contributed by atoms with Crippen molar-refractivity contribution >= 4 is 12.0 Å². The van der Waals surface area contributed by atoms with Crippen LogP contribution in [0.1, 0.15) is 37.7 Å². The van der Waals surface area contributed by atoms with Crippen LogP contribution in [0, 0.1) is 11.8 Å². The number of hydrogen-bond acceptors (Lipinski definition) is 3. The van der Waals surface area contributed by atoms with Crippen molar-refractivity contribution in [3.63, 3.8) is 0 Å². The zero-order chi connectivity index (χ0) is 16.4. The second kappa shape index (κ2) is 6.88. The van der Waals surface area contributed by atoms with Crippen LogP contribution in [0.4, 0.5) is 0 Å². The van der Waals surface area contributed by atoms with E-state index in [4.69, 9.17) is 9.47 Å². The molecule has 2 fully saturated rings. The third-order valence-electron chi connectivity index (χ3n) is 5.59. The maximum absolute atomic E-state index is 12.5. The summed E-state index contributed by atoms with van der Waals surface area (Å²) in [6.07, 6.45) is 10.1. The van der Waals surface area contributed by atoms with E-state index in [1.165, 1.54) is 32.1 Å². The van der Waals surface area contributed by atoms with Crippen molar-refractivity contribution in [3.8, 4) is 11.5 Å². The average molecular weight is 327 g/mol. The van der Waals surface area contributed by atoms with E-state index < -0.39 is 0 Å². The Balaban J connectivity index is 1.39. The highest BCUT2D eigenvalue weighted by atomic mass is 16.6. The first-order chi connectivity index (χ1) is 11.8. The van der Waals surface area contributed by atoms with Gasteiger partial charge in [0.15, 0.2) is 11.5 Å². The summed E-state index contributed by atoms with van der Waals surface area (Å²) in [5.74, 6) is 3.25. The predicted octanol–water partition coefficient (Wildman–Crippen LogP) is 3.51. The highest BCUT2D eigenvalue weighted by Crippen LogP contribution is 2.36. The molecule has 0 radical (unpaired) electrons. The van der Waals surface area contributed by atoms with Crippen LogP contribution in [0.25, 0.3) is 6.08 Å². The number of hydrogen-bond donors (Lipinski definition) is 0. The molecule has 1 saturated carbocycles. The van der Waals surface area contributed by atoms with Crippen molar-refractivity contribution < 1.29 is 14.3 Å². The van der Waals surface area contributed by atoms with E-state index >= 15 is 0 Å². The van der Waals surface area contributed by atoms with Crippen LogP contribution >= 0.6 is 0 Å². The van der Waals surface area contributed by atoms with Crippen LogP contribution in [-0.2, 0) is 4.79 Å². The first kappa shape index (κ1) is 15.6. The largest absolute Gasteiger partial charge is 0.486 e. The van der Waals surface area contributed by atoms with Gasteiger partial charge in [-0.05, 0) is 48.4 Å². The average Bonchev–Trinajstić information content (AvgIpc) is 2.65. The smallest absolute Gasteiger partial charge is 0.246 e.